The monoisotopic (exact) mass is 707 g/mol. The molecule has 2 aromatic rings. The average Bonchev–Trinajstić information content (AvgIpc) is 3.01. The van der Waals surface area contributed by atoms with Crippen LogP contribution in [0.1, 0.15) is 147 Å². The van der Waals surface area contributed by atoms with Crippen molar-refractivity contribution in [2.45, 2.75) is 136 Å². The number of halogens is 1. The molecule has 5 nitrogen and oxygen atoms in total. The third-order valence-corrected chi connectivity index (χ3v) is 8.36. The van der Waals surface area contributed by atoms with E-state index in [0.29, 0.717) is 42.6 Å². The summed E-state index contributed by atoms with van der Waals surface area (Å²) in [5, 5.41) is 3.03. The Labute approximate surface area is 276 Å². The summed E-state index contributed by atoms with van der Waals surface area (Å²) < 4.78 is 20.2. The smallest absolute Gasteiger partial charge is 0.255 e. The molecule has 0 radical (unpaired) electrons. The summed E-state index contributed by atoms with van der Waals surface area (Å²) in [7, 11) is 0. The molecule has 0 heterocycles. The Kier molecular flexibility index (Phi) is 21.1. The van der Waals surface area contributed by atoms with E-state index in [2.05, 4.69) is 48.7 Å². The van der Waals surface area contributed by atoms with E-state index in [-0.39, 0.29) is 5.91 Å². The molecule has 1 N–H and O–H groups in total. The summed E-state index contributed by atoms with van der Waals surface area (Å²) in [6, 6.07) is 11.5. The first-order valence-electron chi connectivity index (χ1n) is 17.2. The number of nitrogens with one attached hydrogen (secondary N) is 1. The molecule has 0 aromatic heterocycles. The number of rotatable bonds is 26. The molecule has 0 aliphatic heterocycles. The van der Waals surface area contributed by atoms with Crippen LogP contribution >= 0.6 is 22.6 Å². The number of anilines is 1. The molecule has 0 fully saturated rings. The van der Waals surface area contributed by atoms with Crippen molar-refractivity contribution in [2.24, 2.45) is 0 Å². The normalized spacial score (nSPS) is 11.0. The summed E-state index contributed by atoms with van der Waals surface area (Å²) in [6.45, 7) is 8.53. The van der Waals surface area contributed by atoms with Crippen LogP contribution in [0.15, 0.2) is 36.4 Å². The topological polar surface area (TPSA) is 56.8 Å². The number of ether oxygens (including phenoxy) is 3. The summed E-state index contributed by atoms with van der Waals surface area (Å²) in [4.78, 5) is 13.4. The zero-order valence-electron chi connectivity index (χ0n) is 27.3. The highest BCUT2D eigenvalue weighted by molar-refractivity contribution is 14.1. The summed E-state index contributed by atoms with van der Waals surface area (Å²) in [6.07, 6.45) is 21.5. The van der Waals surface area contributed by atoms with Gasteiger partial charge in [0.05, 0.1) is 19.8 Å². The number of amides is 1. The Balaban J connectivity index is 2.19. The Morgan fingerprint density at radius 1 is 0.581 bits per heavy atom. The number of benzene rings is 2. The maximum atomic E-state index is 13.4. The van der Waals surface area contributed by atoms with Gasteiger partial charge < -0.3 is 19.5 Å². The Hall–Kier alpha value is -1.96. The quantitative estimate of drug-likeness (QED) is 0.0781. The highest BCUT2D eigenvalue weighted by Gasteiger charge is 2.19. The number of carbonyl (C=O) groups excluding carboxylic acids is 1. The molecule has 0 aliphatic rings. The highest BCUT2D eigenvalue weighted by atomic mass is 127. The van der Waals surface area contributed by atoms with E-state index in [0.717, 1.165) is 47.8 Å². The van der Waals surface area contributed by atoms with Crippen LogP contribution in [-0.2, 0) is 0 Å². The molecule has 0 unspecified atom stereocenters. The van der Waals surface area contributed by atoms with Crippen molar-refractivity contribution in [3.63, 3.8) is 0 Å². The lowest BCUT2D eigenvalue weighted by Crippen LogP contribution is -2.14. The second-order valence-electron chi connectivity index (χ2n) is 11.6. The van der Waals surface area contributed by atoms with Gasteiger partial charge in [-0.3, -0.25) is 4.79 Å². The Morgan fingerprint density at radius 3 is 1.42 bits per heavy atom. The molecule has 0 spiro atoms. The molecule has 0 atom stereocenters. The minimum absolute atomic E-state index is 0.183. The molecular formula is C37H58INO4. The predicted octanol–water partition coefficient (Wildman–Crippen LogP) is 11.8. The van der Waals surface area contributed by atoms with Gasteiger partial charge in [-0.05, 0) is 78.3 Å². The second-order valence-corrected chi connectivity index (χ2v) is 12.9. The van der Waals surface area contributed by atoms with E-state index in [1.807, 2.05) is 36.4 Å². The Morgan fingerprint density at radius 2 is 0.977 bits per heavy atom. The molecule has 0 bridgehead atoms. The summed E-state index contributed by atoms with van der Waals surface area (Å²) in [5.41, 5.74) is 1.28. The van der Waals surface area contributed by atoms with Gasteiger partial charge in [-0.2, -0.15) is 0 Å². The maximum Gasteiger partial charge on any atom is 0.255 e. The van der Waals surface area contributed by atoms with Gasteiger partial charge in [0.2, 0.25) is 5.75 Å². The van der Waals surface area contributed by atoms with E-state index in [4.69, 9.17) is 14.2 Å². The second kappa shape index (κ2) is 24.4. The van der Waals surface area contributed by atoms with Crippen molar-refractivity contribution in [2.75, 3.05) is 25.1 Å². The predicted molar refractivity (Wildman–Crippen MR) is 190 cm³/mol. The van der Waals surface area contributed by atoms with E-state index in [1.54, 1.807) is 0 Å². The van der Waals surface area contributed by atoms with Crippen LogP contribution < -0.4 is 19.5 Å². The third kappa shape index (κ3) is 16.6. The maximum absolute atomic E-state index is 13.4. The van der Waals surface area contributed by atoms with Crippen molar-refractivity contribution in [1.29, 1.82) is 0 Å². The lowest BCUT2D eigenvalue weighted by molar-refractivity contribution is 0.102. The van der Waals surface area contributed by atoms with Crippen molar-refractivity contribution >= 4 is 34.2 Å². The van der Waals surface area contributed by atoms with Crippen molar-refractivity contribution in [1.82, 2.24) is 0 Å². The minimum atomic E-state index is -0.183. The van der Waals surface area contributed by atoms with Gasteiger partial charge in [0.1, 0.15) is 0 Å². The molecule has 2 aromatic carbocycles. The SMILES string of the molecule is CCCCCCCCOc1cc(C(=O)Nc2ccc(I)cc2)cc(OCCCCCCCC)c1OCCCCCCCC. The molecule has 0 saturated heterocycles. The van der Waals surface area contributed by atoms with Crippen LogP contribution in [0.3, 0.4) is 0 Å². The standard InChI is InChI=1S/C37H58INO4/c1-4-7-10-13-16-19-26-41-34-29-31(37(40)39-33-24-22-32(38)23-25-33)30-35(42-27-20-17-14-11-8-5-2)36(34)43-28-21-18-15-12-9-6-3/h22-25,29-30H,4-21,26-28H2,1-3H3,(H,39,40). The number of carbonyl (C=O) groups is 1. The fraction of sp³-hybridized carbons (Fsp3) is 0.649. The molecule has 0 saturated carbocycles. The molecule has 2 rings (SSSR count). The first kappa shape index (κ1) is 37.2. The summed E-state index contributed by atoms with van der Waals surface area (Å²) in [5.74, 6) is 1.66. The van der Waals surface area contributed by atoms with Gasteiger partial charge in [-0.15, -0.1) is 0 Å². The van der Waals surface area contributed by atoms with Crippen molar-refractivity contribution in [3.05, 3.63) is 45.5 Å². The Bertz CT molecular complexity index is 956. The summed E-state index contributed by atoms with van der Waals surface area (Å²) >= 11 is 2.27. The van der Waals surface area contributed by atoms with Gasteiger partial charge in [0.15, 0.2) is 11.5 Å². The van der Waals surface area contributed by atoms with Crippen LogP contribution in [0.2, 0.25) is 0 Å². The first-order chi connectivity index (χ1) is 21.1. The lowest BCUT2D eigenvalue weighted by atomic mass is 10.1. The average molecular weight is 708 g/mol. The van der Waals surface area contributed by atoms with Crippen molar-refractivity contribution in [3.8, 4) is 17.2 Å². The van der Waals surface area contributed by atoms with E-state index >= 15 is 0 Å². The van der Waals surface area contributed by atoms with Crippen LogP contribution in [0, 0.1) is 3.57 Å². The largest absolute Gasteiger partial charge is 0.490 e. The molecule has 6 heteroatoms. The van der Waals surface area contributed by atoms with Crippen LogP contribution in [-0.4, -0.2) is 25.7 Å². The van der Waals surface area contributed by atoms with Gasteiger partial charge in [-0.25, -0.2) is 0 Å². The van der Waals surface area contributed by atoms with Crippen LogP contribution in [0.4, 0.5) is 5.69 Å². The van der Waals surface area contributed by atoms with Crippen LogP contribution in [0.25, 0.3) is 0 Å². The molecular weight excluding hydrogens is 649 g/mol. The number of hydrogen-bond donors (Lipinski definition) is 1. The van der Waals surface area contributed by atoms with E-state index < -0.39 is 0 Å². The van der Waals surface area contributed by atoms with Crippen LogP contribution in [0.5, 0.6) is 17.2 Å². The number of unbranched alkanes of at least 4 members (excludes halogenated alkanes) is 15. The van der Waals surface area contributed by atoms with Gasteiger partial charge in [0, 0.05) is 14.8 Å². The van der Waals surface area contributed by atoms with Crippen molar-refractivity contribution < 1.29 is 19.0 Å². The highest BCUT2D eigenvalue weighted by Crippen LogP contribution is 2.40. The molecule has 1 amide bonds. The molecule has 43 heavy (non-hydrogen) atoms. The van der Waals surface area contributed by atoms with Gasteiger partial charge in [0.25, 0.3) is 5.91 Å². The minimum Gasteiger partial charge on any atom is -0.490 e. The third-order valence-electron chi connectivity index (χ3n) is 7.64. The fourth-order valence-corrected chi connectivity index (χ4v) is 5.35. The van der Waals surface area contributed by atoms with Gasteiger partial charge >= 0.3 is 0 Å². The first-order valence-corrected chi connectivity index (χ1v) is 18.3. The molecule has 242 valence electrons. The zero-order valence-corrected chi connectivity index (χ0v) is 29.5. The van der Waals surface area contributed by atoms with E-state index in [1.165, 1.54) is 77.0 Å². The van der Waals surface area contributed by atoms with E-state index in [9.17, 15) is 4.79 Å². The number of hydrogen-bond acceptors (Lipinski definition) is 4. The lowest BCUT2D eigenvalue weighted by Gasteiger charge is -2.19. The zero-order chi connectivity index (χ0) is 31.0. The molecule has 0 aliphatic carbocycles. The van der Waals surface area contributed by atoms with Gasteiger partial charge in [-0.1, -0.05) is 117 Å². The fourth-order valence-electron chi connectivity index (χ4n) is 4.99.